The van der Waals surface area contributed by atoms with Crippen LogP contribution in [0.4, 0.5) is 0 Å². The van der Waals surface area contributed by atoms with Gasteiger partial charge in [-0.3, -0.25) is 0 Å². The van der Waals surface area contributed by atoms with Crippen molar-refractivity contribution in [2.45, 2.75) is 23.3 Å². The molecule has 1 aliphatic heterocycles. The van der Waals surface area contributed by atoms with E-state index in [4.69, 9.17) is 5.73 Å². The maximum atomic E-state index is 6.58. The summed E-state index contributed by atoms with van der Waals surface area (Å²) in [5.74, 6) is 0. The molecule has 0 aromatic heterocycles. The second kappa shape index (κ2) is 4.78. The van der Waals surface area contributed by atoms with Gasteiger partial charge in [-0.05, 0) is 50.9 Å². The summed E-state index contributed by atoms with van der Waals surface area (Å²) < 4.78 is 0. The van der Waals surface area contributed by atoms with Crippen molar-refractivity contribution in [3.05, 3.63) is 29.8 Å². The molecule has 0 unspecified atom stereocenters. The van der Waals surface area contributed by atoms with Crippen LogP contribution in [0.3, 0.4) is 0 Å². The van der Waals surface area contributed by atoms with Gasteiger partial charge in [0.05, 0.1) is 0 Å². The first kappa shape index (κ1) is 12.0. The van der Waals surface area contributed by atoms with E-state index in [-0.39, 0.29) is 5.54 Å². The van der Waals surface area contributed by atoms with Crippen LogP contribution in [-0.2, 0) is 5.54 Å². The van der Waals surface area contributed by atoms with E-state index >= 15 is 0 Å². The van der Waals surface area contributed by atoms with Gasteiger partial charge in [0.15, 0.2) is 0 Å². The first-order valence-corrected chi connectivity index (χ1v) is 6.99. The summed E-state index contributed by atoms with van der Waals surface area (Å²) in [6.45, 7) is 2.19. The van der Waals surface area contributed by atoms with Crippen LogP contribution < -0.4 is 5.73 Å². The van der Waals surface area contributed by atoms with Crippen molar-refractivity contribution in [1.29, 1.82) is 0 Å². The molecule has 0 aliphatic carbocycles. The first-order chi connectivity index (χ1) is 7.65. The van der Waals surface area contributed by atoms with Gasteiger partial charge in [0.25, 0.3) is 0 Å². The van der Waals surface area contributed by atoms with E-state index in [9.17, 15) is 0 Å². The summed E-state index contributed by atoms with van der Waals surface area (Å²) in [5.41, 5.74) is 7.79. The smallest absolute Gasteiger partial charge is 0.0445 e. The largest absolute Gasteiger partial charge is 0.321 e. The molecule has 0 saturated carbocycles. The Morgan fingerprint density at radius 2 is 1.88 bits per heavy atom. The Morgan fingerprint density at radius 1 is 1.25 bits per heavy atom. The van der Waals surface area contributed by atoms with E-state index in [1.807, 2.05) is 0 Å². The van der Waals surface area contributed by atoms with Crippen molar-refractivity contribution >= 4 is 11.8 Å². The van der Waals surface area contributed by atoms with E-state index in [2.05, 4.69) is 42.5 Å². The van der Waals surface area contributed by atoms with Crippen molar-refractivity contribution in [3.8, 4) is 0 Å². The van der Waals surface area contributed by atoms with Gasteiger partial charge in [-0.2, -0.15) is 0 Å². The normalized spacial score (nSPS) is 20.9. The summed E-state index contributed by atoms with van der Waals surface area (Å²) in [6, 6.07) is 8.56. The Balaban J connectivity index is 2.28. The Kier molecular flexibility index (Phi) is 3.57. The fraction of sp³-hybridized carbons (Fsp3) is 0.538. The average Bonchev–Trinajstić information content (AvgIpc) is 2.33. The molecule has 2 N–H and O–H groups in total. The minimum absolute atomic E-state index is 0.119. The van der Waals surface area contributed by atoms with Gasteiger partial charge in [0.1, 0.15) is 0 Å². The molecule has 0 atom stereocenters. The van der Waals surface area contributed by atoms with Crippen LogP contribution in [0.1, 0.15) is 18.4 Å². The Hall–Kier alpha value is -0.510. The lowest BCUT2D eigenvalue weighted by atomic mass is 9.82. The number of thioether (sulfide) groups is 1. The summed E-state index contributed by atoms with van der Waals surface area (Å²) in [5, 5.41) is 0. The molecule has 1 aromatic rings. The van der Waals surface area contributed by atoms with Crippen molar-refractivity contribution in [2.75, 3.05) is 26.4 Å². The highest BCUT2D eigenvalue weighted by molar-refractivity contribution is 7.98. The number of rotatable bonds is 2. The molecule has 16 heavy (non-hydrogen) atoms. The van der Waals surface area contributed by atoms with E-state index in [0.29, 0.717) is 0 Å². The van der Waals surface area contributed by atoms with Gasteiger partial charge in [0, 0.05) is 10.4 Å². The first-order valence-electron chi connectivity index (χ1n) is 5.77. The maximum Gasteiger partial charge on any atom is 0.0445 e. The zero-order valence-electron chi connectivity index (χ0n) is 10.1. The molecule has 1 saturated heterocycles. The predicted molar refractivity (Wildman–Crippen MR) is 70.8 cm³/mol. The molecule has 2 rings (SSSR count). The molecule has 3 heteroatoms. The van der Waals surface area contributed by atoms with E-state index in [1.54, 1.807) is 11.8 Å². The van der Waals surface area contributed by atoms with Gasteiger partial charge >= 0.3 is 0 Å². The zero-order valence-corrected chi connectivity index (χ0v) is 10.9. The molecular formula is C13H20N2S. The monoisotopic (exact) mass is 236 g/mol. The molecule has 0 spiro atoms. The lowest BCUT2D eigenvalue weighted by molar-refractivity contribution is 0.189. The highest BCUT2D eigenvalue weighted by Crippen LogP contribution is 2.35. The zero-order chi connectivity index (χ0) is 11.6. The molecule has 1 aromatic carbocycles. The summed E-state index contributed by atoms with van der Waals surface area (Å²) in [7, 11) is 2.17. The number of benzene rings is 1. The molecule has 0 radical (unpaired) electrons. The van der Waals surface area contributed by atoms with Crippen molar-refractivity contribution in [2.24, 2.45) is 5.73 Å². The van der Waals surface area contributed by atoms with E-state index in [1.165, 1.54) is 10.5 Å². The average molecular weight is 236 g/mol. The highest BCUT2D eigenvalue weighted by Gasteiger charge is 2.32. The molecule has 0 bridgehead atoms. The summed E-state index contributed by atoms with van der Waals surface area (Å²) >= 11 is 1.79. The second-order valence-corrected chi connectivity index (χ2v) is 5.51. The molecule has 1 heterocycles. The third-order valence-electron chi connectivity index (χ3n) is 3.52. The van der Waals surface area contributed by atoms with Crippen LogP contribution in [0.25, 0.3) is 0 Å². The Labute approximate surface area is 102 Å². The molecule has 1 aliphatic rings. The molecule has 88 valence electrons. The number of hydrogen-bond donors (Lipinski definition) is 1. The van der Waals surface area contributed by atoms with Crippen LogP contribution >= 0.6 is 11.8 Å². The minimum atomic E-state index is -0.119. The van der Waals surface area contributed by atoms with Gasteiger partial charge < -0.3 is 10.6 Å². The van der Waals surface area contributed by atoms with Crippen LogP contribution in [-0.4, -0.2) is 31.3 Å². The third-order valence-corrected chi connectivity index (χ3v) is 4.32. The second-order valence-electron chi connectivity index (χ2n) is 4.66. The SMILES string of the molecule is CSc1ccccc1C1(N)CCN(C)CC1. The topological polar surface area (TPSA) is 29.3 Å². The molecule has 0 amide bonds. The highest BCUT2D eigenvalue weighted by atomic mass is 32.2. The van der Waals surface area contributed by atoms with E-state index < -0.39 is 0 Å². The number of piperidine rings is 1. The lowest BCUT2D eigenvalue weighted by Crippen LogP contribution is -2.47. The Bertz CT molecular complexity index is 357. The fourth-order valence-electron chi connectivity index (χ4n) is 2.34. The van der Waals surface area contributed by atoms with Gasteiger partial charge in [-0.25, -0.2) is 0 Å². The quantitative estimate of drug-likeness (QED) is 0.799. The molecular weight excluding hydrogens is 216 g/mol. The van der Waals surface area contributed by atoms with Gasteiger partial charge in [0.2, 0.25) is 0 Å². The van der Waals surface area contributed by atoms with E-state index in [0.717, 1.165) is 25.9 Å². The van der Waals surface area contributed by atoms with Gasteiger partial charge in [-0.1, -0.05) is 18.2 Å². The van der Waals surface area contributed by atoms with Crippen molar-refractivity contribution < 1.29 is 0 Å². The van der Waals surface area contributed by atoms with Crippen LogP contribution in [0.2, 0.25) is 0 Å². The molecule has 1 fully saturated rings. The predicted octanol–water partition coefficient (Wildman–Crippen LogP) is 2.29. The van der Waals surface area contributed by atoms with Crippen molar-refractivity contribution in [1.82, 2.24) is 4.90 Å². The maximum absolute atomic E-state index is 6.58. The summed E-state index contributed by atoms with van der Waals surface area (Å²) in [6.07, 6.45) is 4.24. The van der Waals surface area contributed by atoms with Crippen LogP contribution in [0, 0.1) is 0 Å². The molecule has 2 nitrogen and oxygen atoms in total. The van der Waals surface area contributed by atoms with Crippen LogP contribution in [0.5, 0.6) is 0 Å². The minimum Gasteiger partial charge on any atom is -0.321 e. The van der Waals surface area contributed by atoms with Crippen molar-refractivity contribution in [3.63, 3.8) is 0 Å². The number of hydrogen-bond acceptors (Lipinski definition) is 3. The number of nitrogens with zero attached hydrogens (tertiary/aromatic N) is 1. The summed E-state index contributed by atoms with van der Waals surface area (Å²) in [4.78, 5) is 3.68. The standard InChI is InChI=1S/C13H20N2S/c1-15-9-7-13(14,8-10-15)11-5-3-4-6-12(11)16-2/h3-6H,7-10,14H2,1-2H3. The number of likely N-dealkylation sites (tertiary alicyclic amines) is 1. The number of nitrogens with two attached hydrogens (primary N) is 1. The Morgan fingerprint density at radius 3 is 2.50 bits per heavy atom. The van der Waals surface area contributed by atoms with Gasteiger partial charge in [-0.15, -0.1) is 11.8 Å². The fourth-order valence-corrected chi connectivity index (χ4v) is 3.05. The van der Waals surface area contributed by atoms with Crippen LogP contribution in [0.15, 0.2) is 29.2 Å². The third kappa shape index (κ3) is 2.26. The lowest BCUT2D eigenvalue weighted by Gasteiger charge is -2.39.